The van der Waals surface area contributed by atoms with Gasteiger partial charge in [-0.1, -0.05) is 25.0 Å². The van der Waals surface area contributed by atoms with E-state index in [0.717, 1.165) is 74.8 Å². The van der Waals surface area contributed by atoms with E-state index in [-0.39, 0.29) is 5.91 Å². The summed E-state index contributed by atoms with van der Waals surface area (Å²) in [6, 6.07) is 10.0. The van der Waals surface area contributed by atoms with Gasteiger partial charge in [-0.3, -0.25) is 4.79 Å². The van der Waals surface area contributed by atoms with Crippen molar-refractivity contribution in [3.05, 3.63) is 47.9 Å². The molecule has 0 bridgehead atoms. The summed E-state index contributed by atoms with van der Waals surface area (Å²) in [7, 11) is 1.68. The summed E-state index contributed by atoms with van der Waals surface area (Å²) in [6.07, 6.45) is 5.84. The zero-order valence-corrected chi connectivity index (χ0v) is 16.7. The van der Waals surface area contributed by atoms with E-state index in [4.69, 9.17) is 4.74 Å². The fourth-order valence-electron chi connectivity index (χ4n) is 4.59. The van der Waals surface area contributed by atoms with Crippen molar-refractivity contribution in [2.24, 2.45) is 0 Å². The number of ether oxygens (including phenoxy) is 1. The zero-order chi connectivity index (χ0) is 19.6. The van der Waals surface area contributed by atoms with E-state index >= 15 is 0 Å². The summed E-state index contributed by atoms with van der Waals surface area (Å²) in [5, 5.41) is 0. The third-order valence-corrected chi connectivity index (χ3v) is 6.14. The van der Waals surface area contributed by atoms with Crippen LogP contribution in [0.5, 0.6) is 5.75 Å². The Balaban J connectivity index is 1.51. The Morgan fingerprint density at radius 2 is 1.86 bits per heavy atom. The highest BCUT2D eigenvalue weighted by molar-refractivity contribution is 5.89. The first-order valence-electron chi connectivity index (χ1n) is 10.1. The molecule has 6 nitrogen and oxygen atoms in total. The first-order valence-corrected chi connectivity index (χ1v) is 10.1. The minimum atomic E-state index is -0.401. The average molecular weight is 380 g/mol. The third kappa shape index (κ3) is 3.43. The Morgan fingerprint density at radius 1 is 1.11 bits per heavy atom. The van der Waals surface area contributed by atoms with E-state index in [1.54, 1.807) is 13.3 Å². The van der Waals surface area contributed by atoms with Crippen molar-refractivity contribution in [1.29, 1.82) is 0 Å². The molecule has 28 heavy (non-hydrogen) atoms. The lowest BCUT2D eigenvalue weighted by atomic mass is 9.77. The van der Waals surface area contributed by atoms with Crippen molar-refractivity contribution in [3.63, 3.8) is 0 Å². The van der Waals surface area contributed by atoms with E-state index < -0.39 is 5.41 Å². The molecule has 148 valence electrons. The van der Waals surface area contributed by atoms with Gasteiger partial charge in [-0.2, -0.15) is 0 Å². The topological polar surface area (TPSA) is 58.6 Å². The third-order valence-electron chi connectivity index (χ3n) is 6.14. The molecule has 0 N–H and O–H groups in total. The largest absolute Gasteiger partial charge is 0.497 e. The van der Waals surface area contributed by atoms with Crippen molar-refractivity contribution >= 4 is 11.7 Å². The molecule has 2 fully saturated rings. The summed E-state index contributed by atoms with van der Waals surface area (Å²) < 4.78 is 5.41. The van der Waals surface area contributed by atoms with Crippen LogP contribution in [0.2, 0.25) is 0 Å². The number of piperazine rings is 1. The summed E-state index contributed by atoms with van der Waals surface area (Å²) in [5.41, 5.74) is 0.700. The molecule has 1 saturated carbocycles. The average Bonchev–Trinajstić information content (AvgIpc) is 3.24. The summed E-state index contributed by atoms with van der Waals surface area (Å²) in [4.78, 5) is 26.6. The Bertz CT molecular complexity index is 840. The van der Waals surface area contributed by atoms with Gasteiger partial charge in [0, 0.05) is 32.4 Å². The summed E-state index contributed by atoms with van der Waals surface area (Å²) >= 11 is 0. The van der Waals surface area contributed by atoms with Crippen LogP contribution in [0.25, 0.3) is 0 Å². The van der Waals surface area contributed by atoms with Crippen LogP contribution in [0, 0.1) is 6.92 Å². The fraction of sp³-hybridized carbons (Fsp3) is 0.500. The van der Waals surface area contributed by atoms with E-state index in [1.165, 1.54) is 0 Å². The van der Waals surface area contributed by atoms with Crippen molar-refractivity contribution in [2.45, 2.75) is 38.0 Å². The van der Waals surface area contributed by atoms with Gasteiger partial charge in [0.2, 0.25) is 5.91 Å². The number of carbonyl (C=O) groups excluding carboxylic acids is 1. The summed E-state index contributed by atoms with van der Waals surface area (Å²) in [6.45, 7) is 4.97. The van der Waals surface area contributed by atoms with Crippen molar-refractivity contribution < 1.29 is 9.53 Å². The number of rotatable bonds is 4. The van der Waals surface area contributed by atoms with E-state index in [1.807, 2.05) is 31.2 Å². The van der Waals surface area contributed by atoms with Crippen LogP contribution in [0.15, 0.2) is 36.5 Å². The molecule has 1 saturated heterocycles. The molecule has 1 aromatic carbocycles. The highest BCUT2D eigenvalue weighted by Gasteiger charge is 2.45. The maximum absolute atomic E-state index is 13.7. The minimum Gasteiger partial charge on any atom is -0.497 e. The molecule has 0 unspecified atom stereocenters. The van der Waals surface area contributed by atoms with Crippen LogP contribution < -0.4 is 9.64 Å². The van der Waals surface area contributed by atoms with Crippen molar-refractivity contribution in [3.8, 4) is 5.75 Å². The molecule has 0 atom stereocenters. The Labute approximate surface area is 166 Å². The van der Waals surface area contributed by atoms with Gasteiger partial charge < -0.3 is 14.5 Å². The monoisotopic (exact) mass is 380 g/mol. The van der Waals surface area contributed by atoms with Crippen LogP contribution in [0.3, 0.4) is 0 Å². The first kappa shape index (κ1) is 18.7. The number of nitrogens with zero attached hydrogens (tertiary/aromatic N) is 4. The van der Waals surface area contributed by atoms with Crippen LogP contribution in [0.1, 0.15) is 37.1 Å². The van der Waals surface area contributed by atoms with Gasteiger partial charge in [-0.05, 0) is 43.5 Å². The van der Waals surface area contributed by atoms with E-state index in [0.29, 0.717) is 0 Å². The SMILES string of the molecule is COc1cccc(C2(C(=O)N3CCN(c4ccnc(C)n4)CC3)CCCC2)c1. The molecule has 1 aromatic heterocycles. The van der Waals surface area contributed by atoms with Gasteiger partial charge in [-0.25, -0.2) is 9.97 Å². The van der Waals surface area contributed by atoms with Gasteiger partial charge in [0.05, 0.1) is 12.5 Å². The second kappa shape index (κ2) is 7.78. The van der Waals surface area contributed by atoms with Gasteiger partial charge in [0.1, 0.15) is 17.4 Å². The molecule has 0 radical (unpaired) electrons. The Kier molecular flexibility index (Phi) is 5.20. The van der Waals surface area contributed by atoms with E-state index in [9.17, 15) is 4.79 Å². The molecule has 1 aliphatic carbocycles. The molecular weight excluding hydrogens is 352 g/mol. The van der Waals surface area contributed by atoms with Crippen molar-refractivity contribution in [1.82, 2.24) is 14.9 Å². The number of benzene rings is 1. The minimum absolute atomic E-state index is 0.275. The number of hydrogen-bond donors (Lipinski definition) is 0. The van der Waals surface area contributed by atoms with Crippen LogP contribution in [-0.4, -0.2) is 54.1 Å². The molecule has 6 heteroatoms. The number of aromatic nitrogens is 2. The number of carbonyl (C=O) groups is 1. The molecule has 2 heterocycles. The lowest BCUT2D eigenvalue weighted by molar-refractivity contribution is -0.137. The number of methoxy groups -OCH3 is 1. The molecular formula is C22H28N4O2. The highest BCUT2D eigenvalue weighted by atomic mass is 16.5. The van der Waals surface area contributed by atoms with Crippen LogP contribution in [-0.2, 0) is 10.2 Å². The number of anilines is 1. The Morgan fingerprint density at radius 3 is 2.54 bits per heavy atom. The Hall–Kier alpha value is -2.63. The molecule has 0 spiro atoms. The number of hydrogen-bond acceptors (Lipinski definition) is 5. The fourth-order valence-corrected chi connectivity index (χ4v) is 4.59. The predicted octanol–water partition coefficient (Wildman–Crippen LogP) is 2.95. The molecule has 2 aliphatic rings. The smallest absolute Gasteiger partial charge is 0.233 e. The predicted molar refractivity (Wildman–Crippen MR) is 109 cm³/mol. The van der Waals surface area contributed by atoms with Gasteiger partial charge in [0.15, 0.2) is 0 Å². The second-order valence-electron chi connectivity index (χ2n) is 7.76. The normalized spacial score (nSPS) is 18.9. The zero-order valence-electron chi connectivity index (χ0n) is 16.7. The molecule has 4 rings (SSSR count). The molecule has 1 aliphatic heterocycles. The van der Waals surface area contributed by atoms with Crippen LogP contribution in [0.4, 0.5) is 5.82 Å². The molecule has 2 aromatic rings. The lowest BCUT2D eigenvalue weighted by Crippen LogP contribution is -2.54. The number of aryl methyl sites for hydroxylation is 1. The maximum Gasteiger partial charge on any atom is 0.233 e. The van der Waals surface area contributed by atoms with Crippen LogP contribution >= 0.6 is 0 Å². The second-order valence-corrected chi connectivity index (χ2v) is 7.76. The molecule has 1 amide bonds. The maximum atomic E-state index is 13.7. The van der Waals surface area contributed by atoms with Crippen molar-refractivity contribution in [2.75, 3.05) is 38.2 Å². The van der Waals surface area contributed by atoms with E-state index in [2.05, 4.69) is 25.8 Å². The highest BCUT2D eigenvalue weighted by Crippen LogP contribution is 2.43. The summed E-state index contributed by atoms with van der Waals surface area (Å²) in [5.74, 6) is 2.82. The lowest BCUT2D eigenvalue weighted by Gasteiger charge is -2.40. The van der Waals surface area contributed by atoms with Gasteiger partial charge >= 0.3 is 0 Å². The van der Waals surface area contributed by atoms with Gasteiger partial charge in [0.25, 0.3) is 0 Å². The van der Waals surface area contributed by atoms with Gasteiger partial charge in [-0.15, -0.1) is 0 Å². The quantitative estimate of drug-likeness (QED) is 0.816. The number of amides is 1. The first-order chi connectivity index (χ1) is 13.6. The standard InChI is InChI=1S/C22H28N4O2/c1-17-23-11-8-20(24-17)25-12-14-26(15-13-25)21(27)22(9-3-4-10-22)18-6-5-7-19(16-18)28-2/h5-8,11,16H,3-4,9-10,12-15H2,1-2H3.